The van der Waals surface area contributed by atoms with Gasteiger partial charge in [-0.15, -0.1) is 0 Å². The van der Waals surface area contributed by atoms with Crippen molar-refractivity contribution >= 4 is 28.8 Å². The number of amides is 1. The molecule has 0 aliphatic rings. The van der Waals surface area contributed by atoms with Crippen LogP contribution in [0.4, 0.5) is 4.39 Å². The Morgan fingerprint density at radius 2 is 2.27 bits per heavy atom. The number of carbonyl (C=O) groups excluding carboxylic acids is 1. The zero-order valence-corrected chi connectivity index (χ0v) is 13.2. The molecule has 1 atom stereocenters. The van der Waals surface area contributed by atoms with E-state index in [2.05, 4.69) is 5.32 Å². The molecule has 22 heavy (non-hydrogen) atoms. The van der Waals surface area contributed by atoms with E-state index in [9.17, 15) is 9.18 Å². The maximum absolute atomic E-state index is 13.7. The largest absolute Gasteiger partial charge is 0.394 e. The average molecular weight is 344 g/mol. The van der Waals surface area contributed by atoms with Crippen molar-refractivity contribution in [1.29, 1.82) is 0 Å². The summed E-state index contributed by atoms with van der Waals surface area (Å²) in [6.07, 6.45) is -0.409. The second-order valence-electron chi connectivity index (χ2n) is 4.45. The van der Waals surface area contributed by atoms with Crippen molar-refractivity contribution in [2.75, 3.05) is 19.8 Å². The maximum atomic E-state index is 13.7. The number of carbonyl (C=O) groups is 1. The molecular weight excluding hydrogens is 329 g/mol. The van der Waals surface area contributed by atoms with E-state index in [1.807, 2.05) is 16.8 Å². The van der Waals surface area contributed by atoms with E-state index >= 15 is 0 Å². The molecule has 2 rings (SSSR count). The number of thiophene rings is 1. The van der Waals surface area contributed by atoms with Crippen LogP contribution in [-0.2, 0) is 4.74 Å². The van der Waals surface area contributed by atoms with Crippen molar-refractivity contribution in [2.24, 2.45) is 0 Å². The summed E-state index contributed by atoms with van der Waals surface area (Å²) in [7, 11) is 0. The summed E-state index contributed by atoms with van der Waals surface area (Å²) in [6.45, 7) is 0.185. The first kappa shape index (κ1) is 16.9. The lowest BCUT2D eigenvalue weighted by atomic mass is 10.1. The molecular formula is C15H15ClFNO3S. The zero-order valence-electron chi connectivity index (χ0n) is 11.6. The highest BCUT2D eigenvalue weighted by Crippen LogP contribution is 2.21. The molecule has 7 heteroatoms. The predicted molar refractivity (Wildman–Crippen MR) is 83.8 cm³/mol. The van der Waals surface area contributed by atoms with Gasteiger partial charge in [-0.25, -0.2) is 4.39 Å². The third-order valence-electron chi connectivity index (χ3n) is 2.96. The number of nitrogens with one attached hydrogen (secondary N) is 1. The first-order valence-electron chi connectivity index (χ1n) is 6.60. The van der Waals surface area contributed by atoms with Crippen molar-refractivity contribution in [3.05, 3.63) is 57.0 Å². The molecule has 4 nitrogen and oxygen atoms in total. The Kier molecular flexibility index (Phi) is 6.33. The lowest BCUT2D eigenvalue weighted by Gasteiger charge is -2.17. The molecule has 1 amide bonds. The summed E-state index contributed by atoms with van der Waals surface area (Å²) in [4.78, 5) is 12.1. The summed E-state index contributed by atoms with van der Waals surface area (Å²) in [5, 5.41) is 15.3. The predicted octanol–water partition coefficient (Wildman–Crippen LogP) is 3.02. The quantitative estimate of drug-likeness (QED) is 0.812. The van der Waals surface area contributed by atoms with Crippen molar-refractivity contribution in [3.63, 3.8) is 0 Å². The molecule has 1 heterocycles. The maximum Gasteiger partial charge on any atom is 0.255 e. The summed E-state index contributed by atoms with van der Waals surface area (Å²) >= 11 is 7.36. The van der Waals surface area contributed by atoms with Gasteiger partial charge in [-0.3, -0.25) is 4.79 Å². The average Bonchev–Trinajstić information content (AvgIpc) is 3.01. The zero-order chi connectivity index (χ0) is 15.9. The highest BCUT2D eigenvalue weighted by atomic mass is 35.5. The Morgan fingerprint density at radius 3 is 2.91 bits per heavy atom. The van der Waals surface area contributed by atoms with Gasteiger partial charge in [0.15, 0.2) is 0 Å². The van der Waals surface area contributed by atoms with Gasteiger partial charge in [-0.1, -0.05) is 17.7 Å². The molecule has 0 fully saturated rings. The van der Waals surface area contributed by atoms with Crippen molar-refractivity contribution < 1.29 is 19.0 Å². The van der Waals surface area contributed by atoms with Gasteiger partial charge < -0.3 is 15.2 Å². The van der Waals surface area contributed by atoms with Crippen LogP contribution < -0.4 is 5.32 Å². The molecule has 0 aliphatic carbocycles. The molecule has 1 aromatic carbocycles. The number of benzene rings is 1. The Hall–Kier alpha value is -1.47. The summed E-state index contributed by atoms with van der Waals surface area (Å²) in [5.74, 6) is -1.27. The van der Waals surface area contributed by atoms with E-state index < -0.39 is 17.8 Å². The van der Waals surface area contributed by atoms with Gasteiger partial charge in [0.1, 0.15) is 11.9 Å². The summed E-state index contributed by atoms with van der Waals surface area (Å²) in [6, 6.07) is 5.94. The summed E-state index contributed by atoms with van der Waals surface area (Å²) < 4.78 is 19.2. The second-order valence-corrected chi connectivity index (χ2v) is 5.63. The topological polar surface area (TPSA) is 58.6 Å². The molecule has 1 unspecified atom stereocenters. The minimum atomic E-state index is -0.673. The highest BCUT2D eigenvalue weighted by Gasteiger charge is 2.18. The summed E-state index contributed by atoms with van der Waals surface area (Å²) in [5.41, 5.74) is 0.703. The van der Waals surface area contributed by atoms with E-state index in [0.717, 1.165) is 5.56 Å². The van der Waals surface area contributed by atoms with E-state index in [4.69, 9.17) is 21.4 Å². The van der Waals surface area contributed by atoms with Gasteiger partial charge in [0.25, 0.3) is 5.91 Å². The van der Waals surface area contributed by atoms with Crippen molar-refractivity contribution in [3.8, 4) is 0 Å². The number of aliphatic hydroxyl groups excluding tert-OH is 1. The number of hydrogen-bond acceptors (Lipinski definition) is 4. The molecule has 2 aromatic rings. The standard InChI is InChI=1S/C15H15ClFNO3S/c16-11-2-1-3-12(17)14(11)15(20)18-8-13(21-6-5-19)10-4-7-22-9-10/h1-4,7,9,13,19H,5-6,8H2,(H,18,20). The molecule has 2 N–H and O–H groups in total. The van der Waals surface area contributed by atoms with E-state index in [0.29, 0.717) is 0 Å². The van der Waals surface area contributed by atoms with Crippen LogP contribution in [0.2, 0.25) is 5.02 Å². The Balaban J connectivity index is 2.04. The molecule has 0 aliphatic heterocycles. The van der Waals surface area contributed by atoms with Crippen LogP contribution in [-0.4, -0.2) is 30.8 Å². The molecule has 1 aromatic heterocycles. The number of halogens is 2. The molecule has 0 bridgehead atoms. The fourth-order valence-corrected chi connectivity index (χ4v) is 2.87. The first-order valence-corrected chi connectivity index (χ1v) is 7.92. The van der Waals surface area contributed by atoms with Crippen LogP contribution in [0, 0.1) is 5.82 Å². The molecule has 118 valence electrons. The van der Waals surface area contributed by atoms with Crippen molar-refractivity contribution in [2.45, 2.75) is 6.10 Å². The lowest BCUT2D eigenvalue weighted by molar-refractivity contribution is 0.0279. The first-order chi connectivity index (χ1) is 10.6. The molecule has 0 radical (unpaired) electrons. The fraction of sp³-hybridized carbons (Fsp3) is 0.267. The Morgan fingerprint density at radius 1 is 1.45 bits per heavy atom. The third kappa shape index (κ3) is 4.27. The van der Waals surface area contributed by atoms with E-state index in [1.165, 1.54) is 29.5 Å². The number of aliphatic hydroxyl groups is 1. The SMILES string of the molecule is O=C(NCC(OCCO)c1ccsc1)c1c(F)cccc1Cl. The number of ether oxygens (including phenoxy) is 1. The van der Waals surface area contributed by atoms with Gasteiger partial charge in [0.2, 0.25) is 0 Å². The molecule has 0 saturated carbocycles. The van der Waals surface area contributed by atoms with Crippen LogP contribution in [0.25, 0.3) is 0 Å². The van der Waals surface area contributed by atoms with Gasteiger partial charge in [-0.05, 0) is 34.5 Å². The van der Waals surface area contributed by atoms with Gasteiger partial charge in [0.05, 0.1) is 23.8 Å². The lowest BCUT2D eigenvalue weighted by Crippen LogP contribution is -2.30. The van der Waals surface area contributed by atoms with Crippen LogP contribution in [0.3, 0.4) is 0 Å². The highest BCUT2D eigenvalue weighted by molar-refractivity contribution is 7.07. The third-order valence-corrected chi connectivity index (χ3v) is 3.98. The Bertz CT molecular complexity index is 601. The normalized spacial score (nSPS) is 12.1. The van der Waals surface area contributed by atoms with Crippen LogP contribution in [0.15, 0.2) is 35.0 Å². The van der Waals surface area contributed by atoms with E-state index in [1.54, 1.807) is 0 Å². The van der Waals surface area contributed by atoms with Crippen LogP contribution >= 0.6 is 22.9 Å². The molecule has 0 saturated heterocycles. The van der Waals surface area contributed by atoms with E-state index in [-0.39, 0.29) is 30.3 Å². The monoisotopic (exact) mass is 343 g/mol. The van der Waals surface area contributed by atoms with Gasteiger partial charge in [0, 0.05) is 6.54 Å². The fourth-order valence-electron chi connectivity index (χ4n) is 1.91. The minimum Gasteiger partial charge on any atom is -0.394 e. The smallest absolute Gasteiger partial charge is 0.255 e. The van der Waals surface area contributed by atoms with Crippen LogP contribution in [0.5, 0.6) is 0 Å². The van der Waals surface area contributed by atoms with Gasteiger partial charge in [-0.2, -0.15) is 11.3 Å². The number of hydrogen-bond donors (Lipinski definition) is 2. The second kappa shape index (κ2) is 8.24. The minimum absolute atomic E-state index is 0.0564. The van der Waals surface area contributed by atoms with Gasteiger partial charge >= 0.3 is 0 Å². The van der Waals surface area contributed by atoms with Crippen molar-refractivity contribution in [1.82, 2.24) is 5.32 Å². The Labute approximate surface area is 136 Å². The number of rotatable bonds is 7. The van der Waals surface area contributed by atoms with Crippen LogP contribution in [0.1, 0.15) is 22.0 Å². The molecule has 0 spiro atoms.